The molecule has 1 atom stereocenters. The van der Waals surface area contributed by atoms with Crippen LogP contribution >= 0.6 is 0 Å². The number of aromatic nitrogens is 3. The number of carbonyl (C=O) groups is 1. The molecule has 3 rings (SSSR count). The fourth-order valence-corrected chi connectivity index (χ4v) is 2.54. The maximum atomic E-state index is 12.4. The van der Waals surface area contributed by atoms with Crippen LogP contribution < -0.4 is 4.74 Å². The lowest BCUT2D eigenvalue weighted by molar-refractivity contribution is 0.0522. The van der Waals surface area contributed by atoms with E-state index in [0.717, 1.165) is 19.4 Å². The van der Waals surface area contributed by atoms with E-state index in [1.165, 1.54) is 0 Å². The van der Waals surface area contributed by atoms with Gasteiger partial charge in [0.05, 0.1) is 6.54 Å². The van der Waals surface area contributed by atoms with E-state index in [-0.39, 0.29) is 12.0 Å². The van der Waals surface area contributed by atoms with E-state index >= 15 is 0 Å². The molecule has 1 saturated heterocycles. The number of hydrogen-bond donors (Lipinski definition) is 0. The van der Waals surface area contributed by atoms with E-state index in [1.54, 1.807) is 35.5 Å². The van der Waals surface area contributed by atoms with Crippen LogP contribution in [-0.2, 0) is 0 Å². The lowest BCUT2D eigenvalue weighted by atomic mass is 10.1. The quantitative estimate of drug-likeness (QED) is 0.865. The minimum Gasteiger partial charge on any atom is -0.472 e. The fraction of sp³-hybridized carbons (Fsp3) is 0.375. The summed E-state index contributed by atoms with van der Waals surface area (Å²) in [5, 5.41) is 0. The van der Waals surface area contributed by atoms with Crippen LogP contribution in [0.5, 0.6) is 5.88 Å². The number of carbonyl (C=O) groups excluding carboxylic acids is 1. The zero-order valence-corrected chi connectivity index (χ0v) is 12.5. The number of hydrogen-bond acceptors (Lipinski definition) is 5. The summed E-state index contributed by atoms with van der Waals surface area (Å²) in [5.74, 6) is 1.19. The van der Waals surface area contributed by atoms with Crippen molar-refractivity contribution in [1.29, 1.82) is 0 Å². The summed E-state index contributed by atoms with van der Waals surface area (Å²) < 4.78 is 5.89. The Hall–Kier alpha value is -2.50. The van der Waals surface area contributed by atoms with Crippen molar-refractivity contribution in [2.45, 2.75) is 25.9 Å². The largest absolute Gasteiger partial charge is 0.472 e. The average Bonchev–Trinajstić information content (AvgIpc) is 2.55. The second kappa shape index (κ2) is 6.51. The molecule has 1 aliphatic rings. The molecule has 0 saturated carbocycles. The second-order valence-corrected chi connectivity index (χ2v) is 5.29. The topological polar surface area (TPSA) is 68.2 Å². The number of piperidine rings is 1. The number of likely N-dealkylation sites (tertiary alicyclic amines) is 1. The number of amides is 1. The van der Waals surface area contributed by atoms with E-state index in [2.05, 4.69) is 15.0 Å². The molecule has 2 aromatic rings. The van der Waals surface area contributed by atoms with Crippen molar-refractivity contribution in [3.63, 3.8) is 0 Å². The predicted octanol–water partition coefficient (Wildman–Crippen LogP) is 1.86. The third kappa shape index (κ3) is 3.39. The van der Waals surface area contributed by atoms with Gasteiger partial charge in [0, 0.05) is 25.0 Å². The van der Waals surface area contributed by atoms with Crippen LogP contribution in [-0.4, -0.2) is 45.0 Å². The van der Waals surface area contributed by atoms with Gasteiger partial charge >= 0.3 is 0 Å². The number of nitrogens with zero attached hydrogens (tertiary/aromatic N) is 4. The molecule has 1 amide bonds. The van der Waals surface area contributed by atoms with Crippen LogP contribution in [0, 0.1) is 6.92 Å². The van der Waals surface area contributed by atoms with Crippen LogP contribution in [0.1, 0.15) is 29.2 Å². The van der Waals surface area contributed by atoms with E-state index in [9.17, 15) is 4.79 Å². The summed E-state index contributed by atoms with van der Waals surface area (Å²) in [4.78, 5) is 26.7. The summed E-state index contributed by atoms with van der Waals surface area (Å²) in [7, 11) is 0. The first kappa shape index (κ1) is 14.4. The van der Waals surface area contributed by atoms with Gasteiger partial charge in [-0.2, -0.15) is 4.98 Å². The molecule has 6 heteroatoms. The van der Waals surface area contributed by atoms with Crippen molar-refractivity contribution < 1.29 is 9.53 Å². The second-order valence-electron chi connectivity index (χ2n) is 5.29. The summed E-state index contributed by atoms with van der Waals surface area (Å²) in [6.45, 7) is 3.11. The Balaban J connectivity index is 1.65. The van der Waals surface area contributed by atoms with E-state index in [0.29, 0.717) is 23.9 Å². The van der Waals surface area contributed by atoms with Gasteiger partial charge in [-0.3, -0.25) is 9.78 Å². The van der Waals surface area contributed by atoms with Gasteiger partial charge in [0.25, 0.3) is 5.91 Å². The molecule has 0 bridgehead atoms. The van der Waals surface area contributed by atoms with Crippen molar-refractivity contribution in [3.05, 3.63) is 48.2 Å². The lowest BCUT2D eigenvalue weighted by Gasteiger charge is -2.32. The molecule has 0 radical (unpaired) electrons. The minimum absolute atomic E-state index is 0.0456. The SMILES string of the molecule is Cc1nccc(OC2CCCN(C(=O)c3ccccn3)C2)n1. The lowest BCUT2D eigenvalue weighted by Crippen LogP contribution is -2.44. The first-order chi connectivity index (χ1) is 10.7. The third-order valence-corrected chi connectivity index (χ3v) is 3.59. The highest BCUT2D eigenvalue weighted by atomic mass is 16.5. The Labute approximate surface area is 129 Å². The Bertz CT molecular complexity index is 648. The molecule has 22 heavy (non-hydrogen) atoms. The van der Waals surface area contributed by atoms with Crippen molar-refractivity contribution in [2.75, 3.05) is 13.1 Å². The van der Waals surface area contributed by atoms with Crippen LogP contribution in [0.3, 0.4) is 0 Å². The highest BCUT2D eigenvalue weighted by Crippen LogP contribution is 2.18. The summed E-state index contributed by atoms with van der Waals surface area (Å²) >= 11 is 0. The molecule has 114 valence electrons. The van der Waals surface area contributed by atoms with Crippen LogP contribution in [0.4, 0.5) is 0 Å². The first-order valence-electron chi connectivity index (χ1n) is 7.39. The maximum absolute atomic E-state index is 12.4. The fourth-order valence-electron chi connectivity index (χ4n) is 2.54. The van der Waals surface area contributed by atoms with Crippen LogP contribution in [0.2, 0.25) is 0 Å². The molecule has 1 aliphatic heterocycles. The average molecular weight is 298 g/mol. The van der Waals surface area contributed by atoms with Gasteiger partial charge in [0.1, 0.15) is 17.6 Å². The van der Waals surface area contributed by atoms with Crippen LogP contribution in [0.25, 0.3) is 0 Å². The number of rotatable bonds is 3. The molecule has 6 nitrogen and oxygen atoms in total. The van der Waals surface area contributed by atoms with Crippen molar-refractivity contribution >= 4 is 5.91 Å². The Morgan fingerprint density at radius 2 is 2.18 bits per heavy atom. The Morgan fingerprint density at radius 3 is 2.95 bits per heavy atom. The Morgan fingerprint density at radius 1 is 1.27 bits per heavy atom. The highest BCUT2D eigenvalue weighted by molar-refractivity contribution is 5.92. The maximum Gasteiger partial charge on any atom is 0.272 e. The van der Waals surface area contributed by atoms with Gasteiger partial charge in [-0.15, -0.1) is 0 Å². The molecular weight excluding hydrogens is 280 g/mol. The summed E-state index contributed by atoms with van der Waals surface area (Å²) in [6, 6.07) is 7.10. The van der Waals surface area contributed by atoms with Crippen LogP contribution in [0.15, 0.2) is 36.7 Å². The van der Waals surface area contributed by atoms with Crippen molar-refractivity contribution in [1.82, 2.24) is 19.9 Å². The van der Waals surface area contributed by atoms with Crippen molar-refractivity contribution in [3.8, 4) is 5.88 Å². The number of pyridine rings is 1. The van der Waals surface area contributed by atoms with Gasteiger partial charge in [-0.05, 0) is 31.9 Å². The van der Waals surface area contributed by atoms with Gasteiger partial charge in [0.15, 0.2) is 0 Å². The van der Waals surface area contributed by atoms with E-state index < -0.39 is 0 Å². The molecule has 0 aliphatic carbocycles. The normalized spacial score (nSPS) is 18.0. The minimum atomic E-state index is -0.0484. The molecule has 1 fully saturated rings. The predicted molar refractivity (Wildman–Crippen MR) is 80.6 cm³/mol. The van der Waals surface area contributed by atoms with Crippen molar-refractivity contribution in [2.24, 2.45) is 0 Å². The van der Waals surface area contributed by atoms with Gasteiger partial charge in [-0.25, -0.2) is 4.98 Å². The highest BCUT2D eigenvalue weighted by Gasteiger charge is 2.26. The van der Waals surface area contributed by atoms with Gasteiger partial charge in [-0.1, -0.05) is 6.07 Å². The van der Waals surface area contributed by atoms with Gasteiger partial charge < -0.3 is 9.64 Å². The van der Waals surface area contributed by atoms with E-state index in [1.807, 2.05) is 13.0 Å². The smallest absolute Gasteiger partial charge is 0.272 e. The molecular formula is C16H18N4O2. The molecule has 0 spiro atoms. The molecule has 0 N–H and O–H groups in total. The molecule has 1 unspecified atom stereocenters. The summed E-state index contributed by atoms with van der Waals surface area (Å²) in [5.41, 5.74) is 0.473. The monoisotopic (exact) mass is 298 g/mol. The summed E-state index contributed by atoms with van der Waals surface area (Å²) in [6.07, 6.45) is 5.09. The zero-order chi connectivity index (χ0) is 15.4. The van der Waals surface area contributed by atoms with E-state index in [4.69, 9.17) is 4.74 Å². The zero-order valence-electron chi connectivity index (χ0n) is 12.5. The Kier molecular flexibility index (Phi) is 4.27. The van der Waals surface area contributed by atoms with Gasteiger partial charge in [0.2, 0.25) is 5.88 Å². The standard InChI is InChI=1S/C16H18N4O2/c1-12-17-9-7-15(19-12)22-13-5-4-10-20(11-13)16(21)14-6-2-3-8-18-14/h2-3,6-9,13H,4-5,10-11H2,1H3. The first-order valence-corrected chi connectivity index (χ1v) is 7.39. The molecule has 0 aromatic carbocycles. The molecule has 3 heterocycles. The number of aryl methyl sites for hydroxylation is 1. The molecule has 2 aromatic heterocycles. The third-order valence-electron chi connectivity index (χ3n) is 3.59. The number of ether oxygens (including phenoxy) is 1.